The standard InChI is InChI=1S/C25H32O8/c1-2-17(24(28)32-20-13-3-11-5-15(9-13)22(26)30-18(20)7-11)25(29)33-21-14-4-12-6-16(10-14)23(27)31-19(21)8-12/h11-21H,2-10H2,1H3. The molecule has 8 heteroatoms. The summed E-state index contributed by atoms with van der Waals surface area (Å²) in [5.74, 6) is -1.71. The largest absolute Gasteiger partial charge is 0.458 e. The number of carbonyl (C=O) groups excluding carboxylic acids is 4. The summed E-state index contributed by atoms with van der Waals surface area (Å²) in [6.07, 6.45) is 4.85. The SMILES string of the molecule is CCC(C(=O)OC1C2CC3CC(C2)C(=O)OC1C3)C(=O)OC1C2CC3CC(C2)C(=O)OC1C3. The van der Waals surface area contributed by atoms with Crippen molar-refractivity contribution in [3.05, 3.63) is 0 Å². The predicted octanol–water partition coefficient (Wildman–Crippen LogP) is 2.56. The van der Waals surface area contributed by atoms with Gasteiger partial charge in [0.05, 0.1) is 11.8 Å². The Morgan fingerprint density at radius 2 is 1.21 bits per heavy atom. The Kier molecular flexibility index (Phi) is 5.18. The second-order valence-electron chi connectivity index (χ2n) is 11.2. The molecule has 180 valence electrons. The van der Waals surface area contributed by atoms with Crippen LogP contribution in [0.1, 0.15) is 64.7 Å². The minimum absolute atomic E-state index is 0.0991. The molecule has 8 nitrogen and oxygen atoms in total. The van der Waals surface area contributed by atoms with Crippen LogP contribution in [0.5, 0.6) is 0 Å². The van der Waals surface area contributed by atoms with E-state index < -0.39 is 42.3 Å². The lowest BCUT2D eigenvalue weighted by Gasteiger charge is -2.42. The Labute approximate surface area is 193 Å². The van der Waals surface area contributed by atoms with Crippen molar-refractivity contribution in [3.63, 3.8) is 0 Å². The van der Waals surface area contributed by atoms with E-state index in [1.54, 1.807) is 6.92 Å². The zero-order valence-electron chi connectivity index (χ0n) is 19.0. The molecule has 0 radical (unpaired) electrons. The van der Waals surface area contributed by atoms with E-state index in [1.807, 2.05) is 0 Å². The Balaban J connectivity index is 1.13. The lowest BCUT2D eigenvalue weighted by molar-refractivity contribution is -0.188. The lowest BCUT2D eigenvalue weighted by Crippen LogP contribution is -2.48. The smallest absolute Gasteiger partial charge is 0.320 e. The first-order valence-electron chi connectivity index (χ1n) is 12.7. The van der Waals surface area contributed by atoms with Crippen molar-refractivity contribution in [3.8, 4) is 0 Å². The molecule has 8 rings (SSSR count). The minimum atomic E-state index is -1.03. The highest BCUT2D eigenvalue weighted by Crippen LogP contribution is 2.49. The van der Waals surface area contributed by atoms with E-state index in [0.717, 1.165) is 38.5 Å². The van der Waals surface area contributed by atoms with E-state index in [9.17, 15) is 19.2 Å². The molecule has 10 atom stereocenters. The minimum Gasteiger partial charge on any atom is -0.458 e. The predicted molar refractivity (Wildman–Crippen MR) is 111 cm³/mol. The second kappa shape index (κ2) is 7.98. The van der Waals surface area contributed by atoms with Crippen molar-refractivity contribution in [2.75, 3.05) is 0 Å². The van der Waals surface area contributed by atoms with Gasteiger partial charge in [-0.2, -0.15) is 0 Å². The van der Waals surface area contributed by atoms with E-state index in [2.05, 4.69) is 0 Å². The third-order valence-electron chi connectivity index (χ3n) is 9.16. The van der Waals surface area contributed by atoms with Crippen molar-refractivity contribution in [1.82, 2.24) is 0 Å². The fourth-order valence-electron chi connectivity index (χ4n) is 7.74. The highest BCUT2D eigenvalue weighted by molar-refractivity contribution is 5.95. The van der Waals surface area contributed by atoms with E-state index in [1.165, 1.54) is 0 Å². The van der Waals surface area contributed by atoms with Crippen LogP contribution in [0, 0.1) is 41.4 Å². The Hall–Kier alpha value is -2.12. The number of ether oxygens (including phenoxy) is 4. The van der Waals surface area contributed by atoms with Crippen molar-refractivity contribution < 1.29 is 38.1 Å². The maximum absolute atomic E-state index is 13.1. The fraction of sp³-hybridized carbons (Fsp3) is 0.840. The van der Waals surface area contributed by atoms with Crippen LogP contribution in [0.3, 0.4) is 0 Å². The maximum atomic E-state index is 13.1. The number of carbonyl (C=O) groups is 4. The number of fused-ring (bicyclic) bond motifs is 2. The first-order chi connectivity index (χ1) is 15.9. The summed E-state index contributed by atoms with van der Waals surface area (Å²) in [7, 11) is 0. The van der Waals surface area contributed by atoms with Crippen LogP contribution in [0.2, 0.25) is 0 Å². The van der Waals surface area contributed by atoms with Gasteiger partial charge in [-0.3, -0.25) is 19.2 Å². The number of hydrogen-bond acceptors (Lipinski definition) is 8. The topological polar surface area (TPSA) is 105 Å². The molecule has 4 saturated carbocycles. The molecule has 4 heterocycles. The molecule has 33 heavy (non-hydrogen) atoms. The van der Waals surface area contributed by atoms with Gasteiger partial charge in [0.15, 0.2) is 5.92 Å². The van der Waals surface area contributed by atoms with E-state index >= 15 is 0 Å². The van der Waals surface area contributed by atoms with Crippen LogP contribution in [0.15, 0.2) is 0 Å². The van der Waals surface area contributed by atoms with Gasteiger partial charge in [0.25, 0.3) is 0 Å². The van der Waals surface area contributed by atoms with Crippen LogP contribution < -0.4 is 0 Å². The first-order valence-corrected chi connectivity index (χ1v) is 12.7. The summed E-state index contributed by atoms with van der Waals surface area (Å²) < 4.78 is 23.1. The van der Waals surface area contributed by atoms with Crippen molar-refractivity contribution in [1.29, 1.82) is 0 Å². The zero-order chi connectivity index (χ0) is 22.9. The molecule has 0 amide bonds. The van der Waals surface area contributed by atoms with Gasteiger partial charge in [-0.1, -0.05) is 6.92 Å². The van der Waals surface area contributed by atoms with Gasteiger partial charge in [-0.05, 0) is 69.6 Å². The Morgan fingerprint density at radius 1 is 0.758 bits per heavy atom. The molecule has 10 unspecified atom stereocenters. The zero-order valence-corrected chi connectivity index (χ0v) is 19.0. The van der Waals surface area contributed by atoms with Crippen LogP contribution in [-0.4, -0.2) is 48.3 Å². The number of esters is 4. The molecular weight excluding hydrogens is 428 g/mol. The highest BCUT2D eigenvalue weighted by Gasteiger charge is 2.54. The fourth-order valence-corrected chi connectivity index (χ4v) is 7.74. The molecular formula is C25H32O8. The van der Waals surface area contributed by atoms with Crippen molar-refractivity contribution in [2.45, 2.75) is 89.1 Å². The summed E-state index contributed by atoms with van der Waals surface area (Å²) in [6, 6.07) is 0. The maximum Gasteiger partial charge on any atom is 0.320 e. The van der Waals surface area contributed by atoms with Crippen molar-refractivity contribution >= 4 is 23.9 Å². The number of hydrogen-bond donors (Lipinski definition) is 0. The number of rotatable bonds is 5. The van der Waals surface area contributed by atoms with E-state index in [0.29, 0.717) is 24.7 Å². The van der Waals surface area contributed by atoms with Gasteiger partial charge in [0, 0.05) is 11.8 Å². The molecule has 0 aromatic carbocycles. The Bertz CT molecular complexity index is 800. The van der Waals surface area contributed by atoms with Crippen LogP contribution in [-0.2, 0) is 38.1 Å². The molecule has 0 aromatic rings. The summed E-state index contributed by atoms with van der Waals surface area (Å²) in [6.45, 7) is 1.76. The third-order valence-corrected chi connectivity index (χ3v) is 9.16. The summed E-state index contributed by atoms with van der Waals surface area (Å²) in [5, 5.41) is 0. The molecule has 4 aliphatic carbocycles. The summed E-state index contributed by atoms with van der Waals surface area (Å²) >= 11 is 0. The molecule has 4 aliphatic heterocycles. The first kappa shape index (κ1) is 21.4. The summed E-state index contributed by atoms with van der Waals surface area (Å²) in [5.41, 5.74) is 0. The van der Waals surface area contributed by atoms with Gasteiger partial charge < -0.3 is 18.9 Å². The highest BCUT2D eigenvalue weighted by atomic mass is 16.6. The molecule has 0 spiro atoms. The van der Waals surface area contributed by atoms with Crippen LogP contribution in [0.25, 0.3) is 0 Å². The van der Waals surface area contributed by atoms with Crippen LogP contribution in [0.4, 0.5) is 0 Å². The lowest BCUT2D eigenvalue weighted by atomic mass is 9.67. The van der Waals surface area contributed by atoms with E-state index in [-0.39, 0.29) is 42.0 Å². The quantitative estimate of drug-likeness (QED) is 0.350. The van der Waals surface area contributed by atoms with E-state index in [4.69, 9.17) is 18.9 Å². The monoisotopic (exact) mass is 460 g/mol. The van der Waals surface area contributed by atoms with Gasteiger partial charge in [0.2, 0.25) is 0 Å². The summed E-state index contributed by atoms with van der Waals surface area (Å²) in [4.78, 5) is 50.9. The average molecular weight is 461 g/mol. The van der Waals surface area contributed by atoms with Crippen molar-refractivity contribution in [2.24, 2.45) is 41.4 Å². The molecule has 4 saturated heterocycles. The van der Waals surface area contributed by atoms with Gasteiger partial charge in [0.1, 0.15) is 24.4 Å². The van der Waals surface area contributed by atoms with Gasteiger partial charge in [-0.25, -0.2) is 0 Å². The molecule has 0 aromatic heterocycles. The molecule has 8 bridgehead atoms. The molecule has 0 N–H and O–H groups in total. The average Bonchev–Trinajstić information content (AvgIpc) is 3.04. The molecule has 8 aliphatic rings. The molecule has 8 fully saturated rings. The normalized spacial score (nSPS) is 45.6. The second-order valence-corrected chi connectivity index (χ2v) is 11.2. The third kappa shape index (κ3) is 3.64. The van der Waals surface area contributed by atoms with Gasteiger partial charge >= 0.3 is 23.9 Å². The van der Waals surface area contributed by atoms with Crippen LogP contribution >= 0.6 is 0 Å². The Morgan fingerprint density at radius 3 is 1.64 bits per heavy atom. The van der Waals surface area contributed by atoms with Gasteiger partial charge in [-0.15, -0.1) is 0 Å².